The summed E-state index contributed by atoms with van der Waals surface area (Å²) >= 11 is 0. The van der Waals surface area contributed by atoms with Crippen molar-refractivity contribution in [2.75, 3.05) is 20.3 Å². The van der Waals surface area contributed by atoms with Gasteiger partial charge in [-0.3, -0.25) is 4.79 Å². The minimum Gasteiger partial charge on any atom is -0.497 e. The highest BCUT2D eigenvalue weighted by Crippen LogP contribution is 2.16. The molecule has 2 aromatic carbocycles. The normalized spacial score (nSPS) is 11.0. The number of amides is 1. The molecular formula is C18H22N2O5S. The summed E-state index contributed by atoms with van der Waals surface area (Å²) in [4.78, 5) is 11.9. The summed E-state index contributed by atoms with van der Waals surface area (Å²) < 4.78 is 33.0. The lowest BCUT2D eigenvalue weighted by atomic mass is 10.1. The Morgan fingerprint density at radius 3 is 2.23 bits per heavy atom. The minimum atomic E-state index is -3.69. The molecule has 8 heteroatoms. The van der Waals surface area contributed by atoms with Gasteiger partial charge in [-0.2, -0.15) is 0 Å². The maximum absolute atomic E-state index is 11.8. The number of nitrogens with two attached hydrogens (primary N) is 1. The summed E-state index contributed by atoms with van der Waals surface area (Å²) in [6, 6.07) is 13.4. The number of benzene rings is 2. The predicted octanol–water partition coefficient (Wildman–Crippen LogP) is 1.47. The van der Waals surface area contributed by atoms with Gasteiger partial charge in [-0.05, 0) is 48.4 Å². The molecule has 7 nitrogen and oxygen atoms in total. The number of aryl methyl sites for hydroxylation is 1. The highest BCUT2D eigenvalue weighted by atomic mass is 32.2. The molecule has 0 aliphatic carbocycles. The number of primary sulfonamides is 1. The summed E-state index contributed by atoms with van der Waals surface area (Å²) in [5.41, 5.74) is 0.863. The molecule has 0 radical (unpaired) electrons. The molecular weight excluding hydrogens is 356 g/mol. The molecule has 0 aliphatic heterocycles. The summed E-state index contributed by atoms with van der Waals surface area (Å²) in [5.74, 6) is 1.36. The van der Waals surface area contributed by atoms with E-state index in [9.17, 15) is 13.2 Å². The van der Waals surface area contributed by atoms with Crippen LogP contribution < -0.4 is 19.9 Å². The largest absolute Gasteiger partial charge is 0.497 e. The van der Waals surface area contributed by atoms with Gasteiger partial charge >= 0.3 is 0 Å². The van der Waals surface area contributed by atoms with Crippen molar-refractivity contribution < 1.29 is 22.7 Å². The first-order chi connectivity index (χ1) is 12.4. The van der Waals surface area contributed by atoms with E-state index in [1.807, 2.05) is 0 Å². The van der Waals surface area contributed by atoms with E-state index >= 15 is 0 Å². The first-order valence-corrected chi connectivity index (χ1v) is 9.58. The zero-order chi connectivity index (χ0) is 19.0. The van der Waals surface area contributed by atoms with E-state index in [4.69, 9.17) is 14.6 Å². The van der Waals surface area contributed by atoms with E-state index in [-0.39, 0.29) is 10.8 Å². The molecule has 140 valence electrons. The first kappa shape index (κ1) is 19.7. The number of nitrogens with one attached hydrogen (secondary N) is 1. The van der Waals surface area contributed by atoms with Crippen molar-refractivity contribution in [2.24, 2.45) is 5.14 Å². The maximum atomic E-state index is 11.8. The van der Waals surface area contributed by atoms with Gasteiger partial charge in [0, 0.05) is 6.42 Å². The van der Waals surface area contributed by atoms with Gasteiger partial charge in [0.1, 0.15) is 18.1 Å². The van der Waals surface area contributed by atoms with Crippen LogP contribution >= 0.6 is 0 Å². The Bertz CT molecular complexity index is 818. The molecule has 0 bridgehead atoms. The Hall–Kier alpha value is -2.58. The molecule has 0 aromatic heterocycles. The fourth-order valence-electron chi connectivity index (χ4n) is 2.22. The van der Waals surface area contributed by atoms with Gasteiger partial charge in [-0.1, -0.05) is 12.1 Å². The SMILES string of the molecule is COc1ccc(OCCNC(=O)CCc2ccc(S(N)(=O)=O)cc2)cc1. The van der Waals surface area contributed by atoms with Crippen LogP contribution in [0.2, 0.25) is 0 Å². The second-order valence-electron chi connectivity index (χ2n) is 5.56. The van der Waals surface area contributed by atoms with Gasteiger partial charge in [-0.15, -0.1) is 0 Å². The fourth-order valence-corrected chi connectivity index (χ4v) is 2.74. The standard InChI is InChI=1S/C18H22N2O5S/c1-24-15-5-7-16(8-6-15)25-13-12-20-18(21)11-4-14-2-9-17(10-3-14)26(19,22)23/h2-3,5-10H,4,11-13H2,1H3,(H,20,21)(H2,19,22,23). The third-order valence-corrected chi connectivity index (χ3v) is 4.57. The van der Waals surface area contributed by atoms with E-state index in [1.54, 1.807) is 43.5 Å². The number of sulfonamides is 1. The first-order valence-electron chi connectivity index (χ1n) is 8.04. The van der Waals surface area contributed by atoms with Crippen LogP contribution in [0.1, 0.15) is 12.0 Å². The molecule has 0 saturated heterocycles. The zero-order valence-corrected chi connectivity index (χ0v) is 15.3. The third kappa shape index (κ3) is 6.38. The Kier molecular flexibility index (Phi) is 6.99. The average Bonchev–Trinajstić information content (AvgIpc) is 2.63. The number of hydrogen-bond donors (Lipinski definition) is 2. The van der Waals surface area contributed by atoms with Crippen molar-refractivity contribution in [3.63, 3.8) is 0 Å². The quantitative estimate of drug-likeness (QED) is 0.643. The summed E-state index contributed by atoms with van der Waals surface area (Å²) in [6.07, 6.45) is 0.813. The fraction of sp³-hybridized carbons (Fsp3) is 0.278. The van der Waals surface area contributed by atoms with Crippen molar-refractivity contribution in [3.8, 4) is 11.5 Å². The lowest BCUT2D eigenvalue weighted by molar-refractivity contribution is -0.121. The van der Waals surface area contributed by atoms with Crippen LogP contribution in [0.5, 0.6) is 11.5 Å². The molecule has 0 spiro atoms. The lowest BCUT2D eigenvalue weighted by Crippen LogP contribution is -2.28. The van der Waals surface area contributed by atoms with Gasteiger partial charge in [-0.25, -0.2) is 13.6 Å². The van der Waals surface area contributed by atoms with E-state index in [1.165, 1.54) is 12.1 Å². The molecule has 26 heavy (non-hydrogen) atoms. The van der Waals surface area contributed by atoms with Crippen molar-refractivity contribution in [1.29, 1.82) is 0 Å². The molecule has 0 saturated carbocycles. The number of ether oxygens (including phenoxy) is 2. The Morgan fingerprint density at radius 1 is 1.04 bits per heavy atom. The molecule has 0 unspecified atom stereocenters. The lowest BCUT2D eigenvalue weighted by Gasteiger charge is -2.08. The molecule has 3 N–H and O–H groups in total. The summed E-state index contributed by atoms with van der Waals surface area (Å²) in [6.45, 7) is 0.760. The number of carbonyl (C=O) groups is 1. The predicted molar refractivity (Wildman–Crippen MR) is 97.6 cm³/mol. The van der Waals surface area contributed by atoms with E-state index < -0.39 is 10.0 Å². The van der Waals surface area contributed by atoms with Crippen molar-refractivity contribution in [3.05, 3.63) is 54.1 Å². The number of hydrogen-bond acceptors (Lipinski definition) is 5. The van der Waals surface area contributed by atoms with Gasteiger partial charge in [0.05, 0.1) is 18.6 Å². The van der Waals surface area contributed by atoms with Crippen LogP contribution in [0.3, 0.4) is 0 Å². The Labute approximate surface area is 153 Å². The third-order valence-electron chi connectivity index (χ3n) is 3.65. The smallest absolute Gasteiger partial charge is 0.238 e. The molecule has 0 fully saturated rings. The molecule has 2 rings (SSSR count). The molecule has 0 atom stereocenters. The van der Waals surface area contributed by atoms with Gasteiger partial charge < -0.3 is 14.8 Å². The molecule has 1 amide bonds. The van der Waals surface area contributed by atoms with E-state index in [2.05, 4.69) is 5.32 Å². The highest BCUT2D eigenvalue weighted by molar-refractivity contribution is 7.89. The second kappa shape index (κ2) is 9.21. The van der Waals surface area contributed by atoms with Crippen LogP contribution in [-0.4, -0.2) is 34.6 Å². The van der Waals surface area contributed by atoms with Gasteiger partial charge in [0.15, 0.2) is 0 Å². The number of methoxy groups -OCH3 is 1. The average molecular weight is 378 g/mol. The monoisotopic (exact) mass is 378 g/mol. The topological polar surface area (TPSA) is 108 Å². The molecule has 0 heterocycles. The van der Waals surface area contributed by atoms with E-state index in [0.29, 0.717) is 31.7 Å². The number of rotatable bonds is 9. The Balaban J connectivity index is 1.67. The highest BCUT2D eigenvalue weighted by Gasteiger charge is 2.07. The van der Waals surface area contributed by atoms with Crippen LogP contribution in [0.15, 0.2) is 53.4 Å². The minimum absolute atomic E-state index is 0.0568. The van der Waals surface area contributed by atoms with Crippen molar-refractivity contribution >= 4 is 15.9 Å². The Morgan fingerprint density at radius 2 is 1.65 bits per heavy atom. The molecule has 2 aromatic rings. The number of carbonyl (C=O) groups excluding carboxylic acids is 1. The van der Waals surface area contributed by atoms with E-state index in [0.717, 1.165) is 11.3 Å². The van der Waals surface area contributed by atoms with Crippen LogP contribution in [0.4, 0.5) is 0 Å². The maximum Gasteiger partial charge on any atom is 0.238 e. The van der Waals surface area contributed by atoms with Crippen LogP contribution in [0.25, 0.3) is 0 Å². The second-order valence-corrected chi connectivity index (χ2v) is 7.12. The van der Waals surface area contributed by atoms with Gasteiger partial charge in [0.2, 0.25) is 15.9 Å². The van der Waals surface area contributed by atoms with Gasteiger partial charge in [0.25, 0.3) is 0 Å². The summed E-state index contributed by atoms with van der Waals surface area (Å²) in [7, 11) is -2.10. The van der Waals surface area contributed by atoms with Crippen LogP contribution in [-0.2, 0) is 21.2 Å². The van der Waals surface area contributed by atoms with Crippen molar-refractivity contribution in [2.45, 2.75) is 17.7 Å². The summed E-state index contributed by atoms with van der Waals surface area (Å²) in [5, 5.41) is 7.82. The van der Waals surface area contributed by atoms with Crippen LogP contribution in [0, 0.1) is 0 Å². The van der Waals surface area contributed by atoms with Crippen molar-refractivity contribution in [1.82, 2.24) is 5.32 Å². The zero-order valence-electron chi connectivity index (χ0n) is 14.5. The molecule has 0 aliphatic rings.